The molecule has 5 rings (SSSR count). The second-order valence-corrected chi connectivity index (χ2v) is 9.41. The topological polar surface area (TPSA) is 85.0 Å². The summed E-state index contributed by atoms with van der Waals surface area (Å²) in [4.78, 5) is 17.4. The molecule has 1 aromatic carbocycles. The smallest absolute Gasteiger partial charge is 0.274 e. The minimum Gasteiger partial charge on any atom is -0.384 e. The van der Waals surface area contributed by atoms with E-state index < -0.39 is 11.4 Å². The highest BCUT2D eigenvalue weighted by molar-refractivity contribution is 6.31. The van der Waals surface area contributed by atoms with Crippen molar-refractivity contribution in [3.05, 3.63) is 64.7 Å². The standard InChI is InChI=1S/C22H23ClFN5O2/c1-28-12-25-18(19(28)20(30)27-14-3-4-16(24)15(23)7-14)13-8-21(9-13)10-22(31,11-21)17-5-6-26-29(17)2/h3-7,12-13,31H,8-11H2,1-2H3,(H,27,30). The summed E-state index contributed by atoms with van der Waals surface area (Å²) in [5.74, 6) is -0.680. The Bertz CT molecular complexity index is 1170. The summed E-state index contributed by atoms with van der Waals surface area (Å²) in [6.45, 7) is 0. The van der Waals surface area contributed by atoms with Gasteiger partial charge in [0.2, 0.25) is 0 Å². The molecule has 9 heteroatoms. The first kappa shape index (κ1) is 20.2. The number of carbonyl (C=O) groups is 1. The van der Waals surface area contributed by atoms with E-state index in [9.17, 15) is 14.3 Å². The van der Waals surface area contributed by atoms with Crippen LogP contribution in [-0.2, 0) is 19.7 Å². The van der Waals surface area contributed by atoms with Gasteiger partial charge in [-0.25, -0.2) is 9.37 Å². The second kappa shape index (κ2) is 6.90. The van der Waals surface area contributed by atoms with Crippen LogP contribution < -0.4 is 5.32 Å². The number of hydrogen-bond donors (Lipinski definition) is 2. The molecule has 0 bridgehead atoms. The van der Waals surface area contributed by atoms with Gasteiger partial charge in [-0.15, -0.1) is 0 Å². The van der Waals surface area contributed by atoms with E-state index in [0.717, 1.165) is 24.2 Å². The molecule has 31 heavy (non-hydrogen) atoms. The molecule has 2 aromatic heterocycles. The number of aryl methyl sites for hydroxylation is 2. The number of hydrogen-bond acceptors (Lipinski definition) is 4. The Labute approximate surface area is 183 Å². The number of benzene rings is 1. The normalized spacial score (nSPS) is 27.1. The van der Waals surface area contributed by atoms with Gasteiger partial charge in [0.1, 0.15) is 17.1 Å². The maximum atomic E-state index is 13.4. The summed E-state index contributed by atoms with van der Waals surface area (Å²) in [7, 11) is 3.62. The lowest BCUT2D eigenvalue weighted by molar-refractivity contribution is -0.179. The zero-order valence-electron chi connectivity index (χ0n) is 17.3. The van der Waals surface area contributed by atoms with Gasteiger partial charge in [0.05, 0.1) is 22.7 Å². The average molecular weight is 444 g/mol. The van der Waals surface area contributed by atoms with Crippen molar-refractivity contribution in [1.29, 1.82) is 0 Å². The van der Waals surface area contributed by atoms with E-state index in [4.69, 9.17) is 11.6 Å². The predicted octanol–water partition coefficient (Wildman–Crippen LogP) is 3.74. The molecule has 7 nitrogen and oxygen atoms in total. The summed E-state index contributed by atoms with van der Waals surface area (Å²) in [5.41, 5.74) is 1.77. The largest absolute Gasteiger partial charge is 0.384 e. The first-order chi connectivity index (χ1) is 14.7. The monoisotopic (exact) mass is 443 g/mol. The van der Waals surface area contributed by atoms with Gasteiger partial charge in [-0.3, -0.25) is 9.48 Å². The van der Waals surface area contributed by atoms with E-state index in [-0.39, 0.29) is 22.3 Å². The minimum absolute atomic E-state index is 0.0464. The van der Waals surface area contributed by atoms with Gasteiger partial charge in [0.25, 0.3) is 5.91 Å². The summed E-state index contributed by atoms with van der Waals surface area (Å²) >= 11 is 5.82. The molecular formula is C22H23ClFN5O2. The number of nitrogens with one attached hydrogen (secondary N) is 1. The van der Waals surface area contributed by atoms with Crippen LogP contribution in [0.3, 0.4) is 0 Å². The molecule has 1 spiro atoms. The van der Waals surface area contributed by atoms with Crippen LogP contribution >= 0.6 is 11.6 Å². The van der Waals surface area contributed by atoms with Gasteiger partial charge in [0.15, 0.2) is 0 Å². The number of nitrogens with zero attached hydrogens (tertiary/aromatic N) is 4. The average Bonchev–Trinajstić information content (AvgIpc) is 3.26. The molecule has 3 aromatic rings. The Morgan fingerprint density at radius 1 is 1.29 bits per heavy atom. The van der Waals surface area contributed by atoms with Crippen molar-refractivity contribution in [2.75, 3.05) is 5.32 Å². The number of amides is 1. The molecule has 0 unspecified atom stereocenters. The fourth-order valence-corrected chi connectivity index (χ4v) is 5.64. The zero-order valence-corrected chi connectivity index (χ0v) is 18.0. The molecule has 0 aliphatic heterocycles. The molecule has 0 radical (unpaired) electrons. The zero-order chi connectivity index (χ0) is 22.0. The Morgan fingerprint density at radius 3 is 2.68 bits per heavy atom. The summed E-state index contributed by atoms with van der Waals surface area (Å²) in [6, 6.07) is 5.95. The Hall–Kier alpha value is -2.71. The van der Waals surface area contributed by atoms with Crippen LogP contribution in [0.1, 0.15) is 53.5 Å². The van der Waals surface area contributed by atoms with Crippen LogP contribution in [0.5, 0.6) is 0 Å². The lowest BCUT2D eigenvalue weighted by Crippen LogP contribution is -2.56. The van der Waals surface area contributed by atoms with E-state index in [0.29, 0.717) is 24.2 Å². The van der Waals surface area contributed by atoms with Crippen molar-refractivity contribution in [2.45, 2.75) is 37.2 Å². The number of aliphatic hydroxyl groups is 1. The van der Waals surface area contributed by atoms with Gasteiger partial charge in [-0.2, -0.15) is 5.10 Å². The Morgan fingerprint density at radius 2 is 2.03 bits per heavy atom. The van der Waals surface area contributed by atoms with Crippen LogP contribution in [0.4, 0.5) is 10.1 Å². The molecule has 2 aliphatic carbocycles. The van der Waals surface area contributed by atoms with E-state index in [1.165, 1.54) is 18.2 Å². The molecule has 2 fully saturated rings. The van der Waals surface area contributed by atoms with E-state index >= 15 is 0 Å². The molecule has 2 saturated carbocycles. The maximum Gasteiger partial charge on any atom is 0.274 e. The van der Waals surface area contributed by atoms with E-state index in [2.05, 4.69) is 15.4 Å². The van der Waals surface area contributed by atoms with Gasteiger partial charge >= 0.3 is 0 Å². The molecule has 2 N–H and O–H groups in total. The lowest BCUT2D eigenvalue weighted by atomic mass is 9.45. The molecule has 162 valence electrons. The lowest BCUT2D eigenvalue weighted by Gasteiger charge is -2.61. The van der Waals surface area contributed by atoms with Gasteiger partial charge in [0, 0.05) is 31.9 Å². The quantitative estimate of drug-likeness (QED) is 0.643. The van der Waals surface area contributed by atoms with Crippen molar-refractivity contribution in [2.24, 2.45) is 19.5 Å². The summed E-state index contributed by atoms with van der Waals surface area (Å²) < 4.78 is 16.8. The molecule has 0 atom stereocenters. The van der Waals surface area contributed by atoms with E-state index in [1.807, 2.05) is 13.1 Å². The molecule has 2 heterocycles. The van der Waals surface area contributed by atoms with Crippen LogP contribution in [-0.4, -0.2) is 30.3 Å². The van der Waals surface area contributed by atoms with Crippen LogP contribution in [0.25, 0.3) is 0 Å². The maximum absolute atomic E-state index is 13.4. The van der Waals surface area contributed by atoms with Crippen molar-refractivity contribution in [3.8, 4) is 0 Å². The van der Waals surface area contributed by atoms with Gasteiger partial charge in [-0.05, 0) is 55.4 Å². The Kier molecular flexibility index (Phi) is 4.50. The number of carbonyl (C=O) groups excluding carboxylic acids is 1. The van der Waals surface area contributed by atoms with Crippen molar-refractivity contribution < 1.29 is 14.3 Å². The third kappa shape index (κ3) is 3.25. The predicted molar refractivity (Wildman–Crippen MR) is 113 cm³/mol. The highest BCUT2D eigenvalue weighted by Gasteiger charge is 2.61. The molecule has 1 amide bonds. The third-order valence-corrected chi connectivity index (χ3v) is 7.03. The summed E-state index contributed by atoms with van der Waals surface area (Å²) in [6.07, 6.45) is 6.49. The number of aromatic nitrogens is 4. The molecule has 0 saturated heterocycles. The van der Waals surface area contributed by atoms with Crippen molar-refractivity contribution in [1.82, 2.24) is 19.3 Å². The fraction of sp³-hybridized carbons (Fsp3) is 0.409. The van der Waals surface area contributed by atoms with Crippen LogP contribution in [0.2, 0.25) is 5.02 Å². The van der Waals surface area contributed by atoms with Crippen LogP contribution in [0, 0.1) is 11.2 Å². The third-order valence-electron chi connectivity index (χ3n) is 6.74. The highest BCUT2D eigenvalue weighted by Crippen LogP contribution is 2.67. The second-order valence-electron chi connectivity index (χ2n) is 9.00. The number of halogens is 2. The first-order valence-corrected chi connectivity index (χ1v) is 10.6. The van der Waals surface area contributed by atoms with Gasteiger partial charge in [-0.1, -0.05) is 11.6 Å². The van der Waals surface area contributed by atoms with Gasteiger partial charge < -0.3 is 15.0 Å². The summed E-state index contributed by atoms with van der Waals surface area (Å²) in [5, 5.41) is 17.9. The van der Waals surface area contributed by atoms with E-state index in [1.54, 1.807) is 28.8 Å². The number of rotatable bonds is 4. The molecular weight excluding hydrogens is 421 g/mol. The molecule has 2 aliphatic rings. The first-order valence-electron chi connectivity index (χ1n) is 10.2. The van der Waals surface area contributed by atoms with Crippen LogP contribution in [0.15, 0.2) is 36.8 Å². The number of anilines is 1. The Balaban J connectivity index is 1.29. The highest BCUT2D eigenvalue weighted by atomic mass is 35.5. The number of imidazole rings is 1. The fourth-order valence-electron chi connectivity index (χ4n) is 5.46. The SMILES string of the molecule is Cn1cnc(C2CC3(C2)CC(O)(c2ccnn2C)C3)c1C(=O)Nc1ccc(F)c(Cl)c1. The van der Waals surface area contributed by atoms with Crippen molar-refractivity contribution >= 4 is 23.2 Å². The van der Waals surface area contributed by atoms with Crippen molar-refractivity contribution in [3.63, 3.8) is 0 Å². The minimum atomic E-state index is -0.831.